The number of benzene rings is 2. The lowest BCUT2D eigenvalue weighted by atomic mass is 9.99. The van der Waals surface area contributed by atoms with Gasteiger partial charge < -0.3 is 20.4 Å². The predicted molar refractivity (Wildman–Crippen MR) is 71.8 cm³/mol. The molecule has 0 radical (unpaired) electrons. The molecule has 100 valence electrons. The average molecular weight is 260 g/mol. The maximum atomic E-state index is 9.80. The summed E-state index contributed by atoms with van der Waals surface area (Å²) in [6.45, 7) is 3.47. The molecule has 0 atom stereocenters. The standard InChI is InChI=1S/C15H16O4/c1-8-3-10(14(18)6-12(8)16)5-11-4-9(2)13(17)7-15(11)19/h3-4,6-7,16-19H,5H2,1-2H3. The third-order valence-corrected chi connectivity index (χ3v) is 3.18. The smallest absolute Gasteiger partial charge is 0.122 e. The topological polar surface area (TPSA) is 80.9 Å². The highest BCUT2D eigenvalue weighted by Gasteiger charge is 2.11. The van der Waals surface area contributed by atoms with E-state index in [-0.39, 0.29) is 23.0 Å². The van der Waals surface area contributed by atoms with E-state index in [0.717, 1.165) is 0 Å². The number of phenols is 4. The zero-order chi connectivity index (χ0) is 14.2. The van der Waals surface area contributed by atoms with Gasteiger partial charge in [0, 0.05) is 18.6 Å². The Labute approximate surface area is 111 Å². The monoisotopic (exact) mass is 260 g/mol. The summed E-state index contributed by atoms with van der Waals surface area (Å²) in [4.78, 5) is 0. The van der Waals surface area contributed by atoms with Crippen LogP contribution < -0.4 is 0 Å². The largest absolute Gasteiger partial charge is 0.508 e. The van der Waals surface area contributed by atoms with E-state index in [4.69, 9.17) is 0 Å². The summed E-state index contributed by atoms with van der Waals surface area (Å²) >= 11 is 0. The van der Waals surface area contributed by atoms with Crippen LogP contribution in [0.1, 0.15) is 22.3 Å². The second-order valence-corrected chi connectivity index (χ2v) is 4.71. The van der Waals surface area contributed by atoms with Gasteiger partial charge in [0.25, 0.3) is 0 Å². The van der Waals surface area contributed by atoms with Gasteiger partial charge in [-0.15, -0.1) is 0 Å². The van der Waals surface area contributed by atoms with Crippen molar-refractivity contribution in [2.45, 2.75) is 20.3 Å². The molecule has 0 aliphatic heterocycles. The summed E-state index contributed by atoms with van der Waals surface area (Å²) < 4.78 is 0. The van der Waals surface area contributed by atoms with Gasteiger partial charge in [-0.2, -0.15) is 0 Å². The number of phenolic OH excluding ortho intramolecular Hbond substituents is 4. The second-order valence-electron chi connectivity index (χ2n) is 4.71. The Morgan fingerprint density at radius 2 is 1.00 bits per heavy atom. The van der Waals surface area contributed by atoms with Gasteiger partial charge in [0.2, 0.25) is 0 Å². The van der Waals surface area contributed by atoms with Crippen molar-refractivity contribution in [3.63, 3.8) is 0 Å². The lowest BCUT2D eigenvalue weighted by Gasteiger charge is -2.10. The van der Waals surface area contributed by atoms with Crippen molar-refractivity contribution in [3.05, 3.63) is 46.5 Å². The van der Waals surface area contributed by atoms with E-state index in [1.54, 1.807) is 26.0 Å². The molecule has 2 aromatic carbocycles. The maximum absolute atomic E-state index is 9.80. The van der Waals surface area contributed by atoms with Crippen molar-refractivity contribution in [1.29, 1.82) is 0 Å². The zero-order valence-corrected chi connectivity index (χ0v) is 10.8. The molecule has 4 nitrogen and oxygen atoms in total. The summed E-state index contributed by atoms with van der Waals surface area (Å²) in [6.07, 6.45) is 0.319. The van der Waals surface area contributed by atoms with Crippen LogP contribution >= 0.6 is 0 Å². The minimum Gasteiger partial charge on any atom is -0.508 e. The van der Waals surface area contributed by atoms with Crippen LogP contribution in [0.25, 0.3) is 0 Å². The van der Waals surface area contributed by atoms with E-state index in [1.807, 2.05) is 0 Å². The van der Waals surface area contributed by atoms with Crippen molar-refractivity contribution >= 4 is 0 Å². The molecule has 0 unspecified atom stereocenters. The van der Waals surface area contributed by atoms with Gasteiger partial charge in [-0.1, -0.05) is 0 Å². The van der Waals surface area contributed by atoms with Crippen LogP contribution in [0.15, 0.2) is 24.3 Å². The molecule has 2 aromatic rings. The number of rotatable bonds is 2. The zero-order valence-electron chi connectivity index (χ0n) is 10.8. The Hall–Kier alpha value is -2.36. The molecule has 0 heterocycles. The van der Waals surface area contributed by atoms with Crippen molar-refractivity contribution in [2.75, 3.05) is 0 Å². The minimum absolute atomic E-state index is 0.0202. The summed E-state index contributed by atoms with van der Waals surface area (Å²) in [7, 11) is 0. The molecule has 19 heavy (non-hydrogen) atoms. The summed E-state index contributed by atoms with van der Waals surface area (Å²) in [6, 6.07) is 5.92. The van der Waals surface area contributed by atoms with Crippen molar-refractivity contribution in [2.24, 2.45) is 0 Å². The van der Waals surface area contributed by atoms with Crippen molar-refractivity contribution in [3.8, 4) is 23.0 Å². The summed E-state index contributed by atoms with van der Waals surface area (Å²) in [5.41, 5.74) is 2.52. The van der Waals surface area contributed by atoms with Crippen molar-refractivity contribution in [1.82, 2.24) is 0 Å². The molecule has 0 saturated heterocycles. The predicted octanol–water partition coefficient (Wildman–Crippen LogP) is 2.72. The Bertz CT molecular complexity index is 577. The van der Waals surface area contributed by atoms with Gasteiger partial charge in [0.1, 0.15) is 23.0 Å². The number of aromatic hydroxyl groups is 4. The third-order valence-electron chi connectivity index (χ3n) is 3.18. The van der Waals surface area contributed by atoms with E-state index >= 15 is 0 Å². The molecular weight excluding hydrogens is 244 g/mol. The Morgan fingerprint density at radius 3 is 1.37 bits per heavy atom. The van der Waals surface area contributed by atoms with Crippen LogP contribution in [-0.4, -0.2) is 20.4 Å². The van der Waals surface area contributed by atoms with Crippen LogP contribution in [0.2, 0.25) is 0 Å². The van der Waals surface area contributed by atoms with Gasteiger partial charge in [-0.05, 0) is 48.2 Å². The number of hydrogen-bond acceptors (Lipinski definition) is 4. The third kappa shape index (κ3) is 2.57. The molecule has 4 N–H and O–H groups in total. The molecule has 0 aliphatic carbocycles. The van der Waals surface area contributed by atoms with E-state index < -0.39 is 0 Å². The highest BCUT2D eigenvalue weighted by Crippen LogP contribution is 2.33. The maximum Gasteiger partial charge on any atom is 0.122 e. The highest BCUT2D eigenvalue weighted by atomic mass is 16.3. The molecule has 0 fully saturated rings. The second kappa shape index (κ2) is 4.72. The minimum atomic E-state index is -0.0202. The van der Waals surface area contributed by atoms with Crippen LogP contribution in [0.4, 0.5) is 0 Å². The first kappa shape index (κ1) is 13.1. The van der Waals surface area contributed by atoms with Crippen LogP contribution in [0.3, 0.4) is 0 Å². The van der Waals surface area contributed by atoms with Gasteiger partial charge >= 0.3 is 0 Å². The first-order valence-electron chi connectivity index (χ1n) is 5.91. The molecule has 0 aromatic heterocycles. The fraction of sp³-hybridized carbons (Fsp3) is 0.200. The molecule has 2 rings (SSSR count). The normalized spacial score (nSPS) is 10.6. The highest BCUT2D eigenvalue weighted by molar-refractivity contribution is 5.50. The summed E-state index contributed by atoms with van der Waals surface area (Å²) in [5.74, 6) is 0.0289. The molecule has 0 aliphatic rings. The van der Waals surface area contributed by atoms with Gasteiger partial charge in [0.15, 0.2) is 0 Å². The van der Waals surface area contributed by atoms with Gasteiger partial charge in [0.05, 0.1) is 0 Å². The first-order valence-corrected chi connectivity index (χ1v) is 5.91. The van der Waals surface area contributed by atoms with Crippen LogP contribution in [0, 0.1) is 13.8 Å². The van der Waals surface area contributed by atoms with E-state index in [1.165, 1.54) is 12.1 Å². The lowest BCUT2D eigenvalue weighted by molar-refractivity contribution is 0.440. The molecule has 0 saturated carbocycles. The van der Waals surface area contributed by atoms with Gasteiger partial charge in [-0.25, -0.2) is 0 Å². The average Bonchev–Trinajstić information content (AvgIpc) is 2.32. The molecule has 4 heteroatoms. The fourth-order valence-electron chi connectivity index (χ4n) is 1.98. The Kier molecular flexibility index (Phi) is 3.25. The number of hydrogen-bond donors (Lipinski definition) is 4. The lowest BCUT2D eigenvalue weighted by Crippen LogP contribution is -1.92. The van der Waals surface area contributed by atoms with Crippen LogP contribution in [-0.2, 0) is 6.42 Å². The fourth-order valence-corrected chi connectivity index (χ4v) is 1.98. The molecule has 0 amide bonds. The van der Waals surface area contributed by atoms with E-state index in [2.05, 4.69) is 0 Å². The SMILES string of the molecule is Cc1cc(Cc2cc(C)c(O)cc2O)c(O)cc1O. The molecule has 0 spiro atoms. The summed E-state index contributed by atoms with van der Waals surface area (Å²) in [5, 5.41) is 38.6. The number of aryl methyl sites for hydroxylation is 2. The Morgan fingerprint density at radius 1 is 0.632 bits per heavy atom. The molecule has 0 bridgehead atoms. The quantitative estimate of drug-likeness (QED) is 0.669. The van der Waals surface area contributed by atoms with Crippen molar-refractivity contribution < 1.29 is 20.4 Å². The van der Waals surface area contributed by atoms with E-state index in [0.29, 0.717) is 28.7 Å². The first-order chi connectivity index (χ1) is 8.88. The van der Waals surface area contributed by atoms with Crippen LogP contribution in [0.5, 0.6) is 23.0 Å². The van der Waals surface area contributed by atoms with E-state index in [9.17, 15) is 20.4 Å². The van der Waals surface area contributed by atoms with Gasteiger partial charge in [-0.3, -0.25) is 0 Å². The Balaban J connectivity index is 2.42. The molecular formula is C15H16O4.